The average molecular weight is 325 g/mol. The molecule has 100 valence electrons. The topological polar surface area (TPSA) is 75.3 Å². The van der Waals surface area contributed by atoms with E-state index in [1.54, 1.807) is 12.1 Å². The maximum atomic E-state index is 12.1. The number of piperidine rings is 1. The highest BCUT2D eigenvalue weighted by molar-refractivity contribution is 9.10. The second kappa shape index (κ2) is 5.52. The zero-order valence-corrected chi connectivity index (χ0v) is 11.9. The Labute approximate surface area is 118 Å². The minimum atomic E-state index is -0.649. The Morgan fingerprint density at radius 2 is 2.16 bits per heavy atom. The van der Waals surface area contributed by atoms with E-state index >= 15 is 0 Å². The predicted molar refractivity (Wildman–Crippen MR) is 72.5 cm³/mol. The Kier molecular flexibility index (Phi) is 3.99. The van der Waals surface area contributed by atoms with Gasteiger partial charge in [0, 0.05) is 16.5 Å². The van der Waals surface area contributed by atoms with Gasteiger partial charge < -0.3 is 5.32 Å². The number of imide groups is 1. The number of carbonyl (C=O) groups excluding carboxylic acids is 3. The van der Waals surface area contributed by atoms with Crippen molar-refractivity contribution in [2.75, 3.05) is 0 Å². The summed E-state index contributed by atoms with van der Waals surface area (Å²) in [5, 5.41) is 4.86. The molecule has 0 bridgehead atoms. The number of carbonyl (C=O) groups is 3. The molecule has 0 aromatic heterocycles. The van der Waals surface area contributed by atoms with Crippen molar-refractivity contribution in [1.82, 2.24) is 10.6 Å². The van der Waals surface area contributed by atoms with Crippen LogP contribution < -0.4 is 10.6 Å². The summed E-state index contributed by atoms with van der Waals surface area (Å²) in [6, 6.07) is 4.65. The van der Waals surface area contributed by atoms with Crippen molar-refractivity contribution in [3.8, 4) is 0 Å². The first kappa shape index (κ1) is 13.7. The molecule has 1 aromatic carbocycles. The lowest BCUT2D eigenvalue weighted by Crippen LogP contribution is -2.52. The van der Waals surface area contributed by atoms with Gasteiger partial charge in [-0.15, -0.1) is 0 Å². The van der Waals surface area contributed by atoms with Crippen molar-refractivity contribution < 1.29 is 14.4 Å². The van der Waals surface area contributed by atoms with Crippen LogP contribution in [0.4, 0.5) is 0 Å². The highest BCUT2D eigenvalue weighted by Crippen LogP contribution is 2.19. The third-order valence-corrected chi connectivity index (χ3v) is 3.92. The van der Waals surface area contributed by atoms with Gasteiger partial charge in [0.25, 0.3) is 5.91 Å². The highest BCUT2D eigenvalue weighted by atomic mass is 79.9. The molecule has 1 aliphatic rings. The number of amides is 3. The number of rotatable bonds is 2. The quantitative estimate of drug-likeness (QED) is 0.805. The first-order valence-electron chi connectivity index (χ1n) is 5.88. The van der Waals surface area contributed by atoms with E-state index < -0.39 is 11.9 Å². The van der Waals surface area contributed by atoms with Crippen LogP contribution in [0.15, 0.2) is 22.7 Å². The first-order valence-corrected chi connectivity index (χ1v) is 6.68. The Morgan fingerprint density at radius 1 is 1.42 bits per heavy atom. The van der Waals surface area contributed by atoms with E-state index in [1.165, 1.54) is 0 Å². The summed E-state index contributed by atoms with van der Waals surface area (Å²) in [5.74, 6) is -1.06. The smallest absolute Gasteiger partial charge is 0.252 e. The minimum Gasteiger partial charge on any atom is -0.340 e. The van der Waals surface area contributed by atoms with E-state index in [-0.39, 0.29) is 18.2 Å². The fourth-order valence-electron chi connectivity index (χ4n) is 1.92. The van der Waals surface area contributed by atoms with E-state index in [2.05, 4.69) is 26.6 Å². The molecule has 0 aliphatic carbocycles. The van der Waals surface area contributed by atoms with E-state index in [4.69, 9.17) is 0 Å². The number of halogens is 1. The van der Waals surface area contributed by atoms with Crippen molar-refractivity contribution in [2.24, 2.45) is 0 Å². The Hall–Kier alpha value is -1.69. The maximum absolute atomic E-state index is 12.1. The van der Waals surface area contributed by atoms with Gasteiger partial charge in [-0.3, -0.25) is 19.7 Å². The van der Waals surface area contributed by atoms with Gasteiger partial charge >= 0.3 is 0 Å². The predicted octanol–water partition coefficient (Wildman–Crippen LogP) is 1.29. The second-order valence-electron chi connectivity index (χ2n) is 4.39. The van der Waals surface area contributed by atoms with Crippen molar-refractivity contribution in [3.05, 3.63) is 33.8 Å². The van der Waals surface area contributed by atoms with Crippen LogP contribution in [-0.4, -0.2) is 23.8 Å². The molecule has 6 heteroatoms. The summed E-state index contributed by atoms with van der Waals surface area (Å²) >= 11 is 3.36. The Balaban J connectivity index is 2.11. The molecule has 0 radical (unpaired) electrons. The molecule has 5 nitrogen and oxygen atoms in total. The summed E-state index contributed by atoms with van der Waals surface area (Å²) < 4.78 is 0.837. The van der Waals surface area contributed by atoms with Crippen LogP contribution in [0, 0.1) is 6.92 Å². The summed E-state index contributed by atoms with van der Waals surface area (Å²) in [6.45, 7) is 1.82. The lowest BCUT2D eigenvalue weighted by molar-refractivity contribution is -0.134. The molecule has 1 heterocycles. The normalized spacial score (nSPS) is 18.9. The van der Waals surface area contributed by atoms with Crippen LogP contribution in [0.3, 0.4) is 0 Å². The standard InChI is InChI=1S/C13H13BrN2O3/c1-7-8(3-2-4-9(7)14)12(18)15-10-5-6-11(17)16-13(10)19/h2-4,10H,5-6H2,1H3,(H,15,18)(H,16,17,19). The second-order valence-corrected chi connectivity index (χ2v) is 5.24. The molecule has 1 fully saturated rings. The van der Waals surface area contributed by atoms with Crippen molar-refractivity contribution in [3.63, 3.8) is 0 Å². The van der Waals surface area contributed by atoms with Crippen molar-refractivity contribution >= 4 is 33.7 Å². The lowest BCUT2D eigenvalue weighted by atomic mass is 10.0. The molecule has 2 rings (SSSR count). The van der Waals surface area contributed by atoms with Crippen LogP contribution in [0.2, 0.25) is 0 Å². The van der Waals surface area contributed by atoms with E-state index in [1.807, 2.05) is 13.0 Å². The number of benzene rings is 1. The number of hydrogen-bond acceptors (Lipinski definition) is 3. The SMILES string of the molecule is Cc1c(Br)cccc1C(=O)NC1CCC(=O)NC1=O. The maximum Gasteiger partial charge on any atom is 0.252 e. The minimum absolute atomic E-state index is 0.244. The van der Waals surface area contributed by atoms with Crippen LogP contribution in [0.5, 0.6) is 0 Å². The fraction of sp³-hybridized carbons (Fsp3) is 0.308. The van der Waals surface area contributed by atoms with Gasteiger partial charge in [0.1, 0.15) is 6.04 Å². The summed E-state index contributed by atoms with van der Waals surface area (Å²) in [4.78, 5) is 34.7. The van der Waals surface area contributed by atoms with Gasteiger partial charge in [-0.05, 0) is 31.0 Å². The molecule has 19 heavy (non-hydrogen) atoms. The molecule has 1 atom stereocenters. The van der Waals surface area contributed by atoms with Gasteiger partial charge in [-0.25, -0.2) is 0 Å². The third kappa shape index (κ3) is 3.01. The van der Waals surface area contributed by atoms with Gasteiger partial charge in [0.05, 0.1) is 0 Å². The van der Waals surface area contributed by atoms with Gasteiger partial charge in [0.2, 0.25) is 11.8 Å². The molecule has 0 spiro atoms. The highest BCUT2D eigenvalue weighted by Gasteiger charge is 2.28. The van der Waals surface area contributed by atoms with Crippen LogP contribution >= 0.6 is 15.9 Å². The van der Waals surface area contributed by atoms with Crippen LogP contribution in [0.1, 0.15) is 28.8 Å². The average Bonchev–Trinajstić information content (AvgIpc) is 2.36. The van der Waals surface area contributed by atoms with Gasteiger partial charge in [0.15, 0.2) is 0 Å². The molecule has 2 N–H and O–H groups in total. The molecule has 1 aromatic rings. The number of hydrogen-bond donors (Lipinski definition) is 2. The summed E-state index contributed by atoms with van der Waals surface area (Å²) in [6.07, 6.45) is 0.581. The van der Waals surface area contributed by atoms with Crippen molar-refractivity contribution in [2.45, 2.75) is 25.8 Å². The molecule has 1 aliphatic heterocycles. The first-order chi connectivity index (χ1) is 8.99. The van der Waals surface area contributed by atoms with Gasteiger partial charge in [-0.1, -0.05) is 22.0 Å². The largest absolute Gasteiger partial charge is 0.340 e. The van der Waals surface area contributed by atoms with Gasteiger partial charge in [-0.2, -0.15) is 0 Å². The number of nitrogens with one attached hydrogen (secondary N) is 2. The van der Waals surface area contributed by atoms with Crippen LogP contribution in [0.25, 0.3) is 0 Å². The van der Waals surface area contributed by atoms with E-state index in [0.29, 0.717) is 12.0 Å². The Morgan fingerprint density at radius 3 is 2.84 bits per heavy atom. The zero-order valence-electron chi connectivity index (χ0n) is 10.3. The molecule has 1 saturated heterocycles. The van der Waals surface area contributed by atoms with Crippen LogP contribution in [-0.2, 0) is 9.59 Å². The monoisotopic (exact) mass is 324 g/mol. The third-order valence-electron chi connectivity index (χ3n) is 3.06. The lowest BCUT2D eigenvalue weighted by Gasteiger charge is -2.22. The van der Waals surface area contributed by atoms with E-state index in [9.17, 15) is 14.4 Å². The molecular weight excluding hydrogens is 312 g/mol. The summed E-state index contributed by atoms with van der Waals surface area (Å²) in [7, 11) is 0. The zero-order chi connectivity index (χ0) is 14.0. The molecule has 0 saturated carbocycles. The molecular formula is C13H13BrN2O3. The summed E-state index contributed by atoms with van der Waals surface area (Å²) in [5.41, 5.74) is 1.33. The molecule has 3 amide bonds. The fourth-order valence-corrected chi connectivity index (χ4v) is 2.29. The van der Waals surface area contributed by atoms with E-state index in [0.717, 1.165) is 10.0 Å². The Bertz CT molecular complexity index is 557. The van der Waals surface area contributed by atoms with Crippen molar-refractivity contribution in [1.29, 1.82) is 0 Å². The molecule has 1 unspecified atom stereocenters.